The van der Waals surface area contributed by atoms with Gasteiger partial charge in [-0.3, -0.25) is 0 Å². The highest BCUT2D eigenvalue weighted by Crippen LogP contribution is 2.19. The average Bonchev–Trinajstić information content (AvgIpc) is 2.49. The molecule has 1 aromatic heterocycles. The van der Waals surface area contributed by atoms with Crippen molar-refractivity contribution in [2.45, 2.75) is 20.3 Å². The Morgan fingerprint density at radius 3 is 2.65 bits per heavy atom. The van der Waals surface area contributed by atoms with E-state index < -0.39 is 0 Å². The third kappa shape index (κ3) is 3.45. The monoisotopic (exact) mass is 267 g/mol. The van der Waals surface area contributed by atoms with Crippen molar-refractivity contribution in [3.8, 4) is 6.07 Å². The average molecular weight is 267 g/mol. The van der Waals surface area contributed by atoms with Crippen LogP contribution in [0.5, 0.6) is 0 Å². The molecule has 0 aliphatic heterocycles. The first-order valence-electron chi connectivity index (χ1n) is 6.57. The van der Waals surface area contributed by atoms with Gasteiger partial charge >= 0.3 is 0 Å². The minimum atomic E-state index is 0.619. The van der Waals surface area contributed by atoms with Gasteiger partial charge in [-0.25, -0.2) is 4.98 Å². The van der Waals surface area contributed by atoms with Crippen LogP contribution in [0.15, 0.2) is 30.5 Å². The lowest BCUT2D eigenvalue weighted by Gasteiger charge is -2.10. The molecule has 20 heavy (non-hydrogen) atoms. The molecule has 0 saturated carbocycles. The lowest BCUT2D eigenvalue weighted by Crippen LogP contribution is -2.06. The number of hydrogen-bond acceptors (Lipinski definition) is 5. The van der Waals surface area contributed by atoms with Gasteiger partial charge in [-0.15, -0.1) is 0 Å². The number of aromatic nitrogens is 2. The first-order valence-corrected chi connectivity index (χ1v) is 6.57. The lowest BCUT2D eigenvalue weighted by atomic mass is 10.2. The van der Waals surface area contributed by atoms with Gasteiger partial charge in [0.25, 0.3) is 0 Å². The smallest absolute Gasteiger partial charge is 0.224 e. The Balaban J connectivity index is 2.16. The Kier molecular flexibility index (Phi) is 4.51. The summed E-state index contributed by atoms with van der Waals surface area (Å²) in [5.74, 6) is 1.39. The highest BCUT2D eigenvalue weighted by atomic mass is 15.1. The fraction of sp³-hybridized carbons (Fsp3) is 0.267. The van der Waals surface area contributed by atoms with E-state index in [4.69, 9.17) is 5.26 Å². The van der Waals surface area contributed by atoms with Gasteiger partial charge in [0, 0.05) is 24.0 Å². The summed E-state index contributed by atoms with van der Waals surface area (Å²) < 4.78 is 0. The molecule has 0 saturated heterocycles. The number of nitriles is 1. The summed E-state index contributed by atoms with van der Waals surface area (Å²) in [4.78, 5) is 8.69. The number of rotatable bonds is 5. The zero-order chi connectivity index (χ0) is 14.4. The number of nitrogens with zero attached hydrogens (tertiary/aromatic N) is 3. The van der Waals surface area contributed by atoms with Crippen LogP contribution in [-0.4, -0.2) is 16.5 Å². The van der Waals surface area contributed by atoms with Crippen LogP contribution in [0.25, 0.3) is 0 Å². The third-order valence-corrected chi connectivity index (χ3v) is 2.78. The van der Waals surface area contributed by atoms with Crippen molar-refractivity contribution >= 4 is 17.5 Å². The van der Waals surface area contributed by atoms with E-state index in [1.165, 1.54) is 0 Å². The summed E-state index contributed by atoms with van der Waals surface area (Å²) in [5.41, 5.74) is 2.50. The fourth-order valence-corrected chi connectivity index (χ4v) is 1.66. The largest absolute Gasteiger partial charge is 0.354 e. The van der Waals surface area contributed by atoms with E-state index in [0.717, 1.165) is 30.0 Å². The molecule has 5 heteroatoms. The van der Waals surface area contributed by atoms with Crippen molar-refractivity contribution in [2.24, 2.45) is 0 Å². The first-order chi connectivity index (χ1) is 9.72. The highest BCUT2D eigenvalue weighted by Gasteiger charge is 2.04. The molecule has 2 aromatic rings. The van der Waals surface area contributed by atoms with E-state index in [1.54, 1.807) is 18.3 Å². The third-order valence-electron chi connectivity index (χ3n) is 2.78. The highest BCUT2D eigenvalue weighted by molar-refractivity contribution is 5.60. The number of nitrogens with one attached hydrogen (secondary N) is 2. The summed E-state index contributed by atoms with van der Waals surface area (Å²) >= 11 is 0. The summed E-state index contributed by atoms with van der Waals surface area (Å²) in [6.07, 6.45) is 2.81. The Hall–Kier alpha value is -2.61. The molecule has 0 amide bonds. The molecule has 0 aliphatic carbocycles. The molecule has 0 aliphatic rings. The maximum absolute atomic E-state index is 8.78. The van der Waals surface area contributed by atoms with Crippen LogP contribution in [0.1, 0.15) is 24.5 Å². The van der Waals surface area contributed by atoms with E-state index >= 15 is 0 Å². The summed E-state index contributed by atoms with van der Waals surface area (Å²) in [6, 6.07) is 9.36. The molecule has 0 fully saturated rings. The Morgan fingerprint density at radius 2 is 2.00 bits per heavy atom. The lowest BCUT2D eigenvalue weighted by molar-refractivity contribution is 0.950. The van der Waals surface area contributed by atoms with E-state index in [9.17, 15) is 0 Å². The molecule has 2 rings (SSSR count). The minimum absolute atomic E-state index is 0.619. The van der Waals surface area contributed by atoms with E-state index in [1.807, 2.05) is 19.1 Å². The second-order valence-electron chi connectivity index (χ2n) is 4.47. The maximum Gasteiger partial charge on any atom is 0.224 e. The molecule has 0 spiro atoms. The molecule has 0 bridgehead atoms. The van der Waals surface area contributed by atoms with Crippen molar-refractivity contribution < 1.29 is 0 Å². The number of anilines is 3. The van der Waals surface area contributed by atoms with Gasteiger partial charge < -0.3 is 10.6 Å². The number of aryl methyl sites for hydroxylation is 1. The van der Waals surface area contributed by atoms with Crippen molar-refractivity contribution in [3.63, 3.8) is 0 Å². The quantitative estimate of drug-likeness (QED) is 0.870. The minimum Gasteiger partial charge on any atom is -0.354 e. The van der Waals surface area contributed by atoms with Crippen molar-refractivity contribution in [1.82, 2.24) is 9.97 Å². The second kappa shape index (κ2) is 6.53. The van der Waals surface area contributed by atoms with E-state index in [0.29, 0.717) is 11.5 Å². The predicted molar refractivity (Wildman–Crippen MR) is 80.0 cm³/mol. The molecule has 1 heterocycles. The van der Waals surface area contributed by atoms with Crippen LogP contribution in [0.4, 0.5) is 17.5 Å². The molecule has 0 unspecified atom stereocenters. The van der Waals surface area contributed by atoms with Crippen LogP contribution in [0, 0.1) is 18.3 Å². The normalized spacial score (nSPS) is 9.85. The van der Waals surface area contributed by atoms with Gasteiger partial charge in [-0.1, -0.05) is 6.92 Å². The van der Waals surface area contributed by atoms with Gasteiger partial charge in [0.15, 0.2) is 0 Å². The number of hydrogen-bond donors (Lipinski definition) is 2. The molecule has 0 radical (unpaired) electrons. The topological polar surface area (TPSA) is 73.6 Å². The number of benzene rings is 1. The summed E-state index contributed by atoms with van der Waals surface area (Å²) in [7, 11) is 0. The molecule has 5 nitrogen and oxygen atoms in total. The summed E-state index contributed by atoms with van der Waals surface area (Å²) in [6.45, 7) is 4.89. The van der Waals surface area contributed by atoms with Gasteiger partial charge in [0.1, 0.15) is 5.82 Å². The standard InChI is InChI=1S/C15H17N5/c1-3-8-17-15-18-10-11(2)14(20-15)19-13-6-4-12(9-16)5-7-13/h4-7,10H,3,8H2,1-2H3,(H2,17,18,19,20). The summed E-state index contributed by atoms with van der Waals surface area (Å²) in [5, 5.41) is 15.2. The van der Waals surface area contributed by atoms with Gasteiger partial charge in [-0.05, 0) is 37.6 Å². The second-order valence-corrected chi connectivity index (χ2v) is 4.47. The van der Waals surface area contributed by atoms with Crippen molar-refractivity contribution in [1.29, 1.82) is 5.26 Å². The predicted octanol–water partition coefficient (Wildman–Crippen LogP) is 3.22. The van der Waals surface area contributed by atoms with Crippen molar-refractivity contribution in [2.75, 3.05) is 17.2 Å². The van der Waals surface area contributed by atoms with E-state index in [-0.39, 0.29) is 0 Å². The van der Waals surface area contributed by atoms with Crippen LogP contribution >= 0.6 is 0 Å². The molecule has 102 valence electrons. The van der Waals surface area contributed by atoms with Gasteiger partial charge in [0.05, 0.1) is 11.6 Å². The molecule has 2 N–H and O–H groups in total. The van der Waals surface area contributed by atoms with Crippen LogP contribution in [0.2, 0.25) is 0 Å². The Bertz CT molecular complexity index is 613. The Morgan fingerprint density at radius 1 is 1.25 bits per heavy atom. The molecule has 1 aromatic carbocycles. The van der Waals surface area contributed by atoms with Gasteiger partial charge in [0.2, 0.25) is 5.95 Å². The van der Waals surface area contributed by atoms with Gasteiger partial charge in [-0.2, -0.15) is 10.2 Å². The van der Waals surface area contributed by atoms with Crippen LogP contribution in [0.3, 0.4) is 0 Å². The van der Waals surface area contributed by atoms with Crippen LogP contribution < -0.4 is 10.6 Å². The zero-order valence-corrected chi connectivity index (χ0v) is 11.6. The Labute approximate surface area is 118 Å². The maximum atomic E-state index is 8.78. The van der Waals surface area contributed by atoms with E-state index in [2.05, 4.69) is 33.6 Å². The zero-order valence-electron chi connectivity index (χ0n) is 11.6. The molecular formula is C15H17N5. The fourth-order valence-electron chi connectivity index (χ4n) is 1.66. The first kappa shape index (κ1) is 13.8. The molecule has 0 atom stereocenters. The van der Waals surface area contributed by atoms with Crippen molar-refractivity contribution in [3.05, 3.63) is 41.6 Å². The molecular weight excluding hydrogens is 250 g/mol. The SMILES string of the molecule is CCCNc1ncc(C)c(Nc2ccc(C#N)cc2)n1. The van der Waals surface area contributed by atoms with Crippen LogP contribution in [-0.2, 0) is 0 Å².